The Morgan fingerprint density at radius 1 is 1.50 bits per heavy atom. The van der Waals surface area contributed by atoms with Gasteiger partial charge >= 0.3 is 6.09 Å². The van der Waals surface area contributed by atoms with Crippen molar-refractivity contribution in [2.45, 2.75) is 25.5 Å². The molecule has 134 valence electrons. The molecule has 2 aliphatic heterocycles. The van der Waals surface area contributed by atoms with Crippen molar-refractivity contribution in [3.05, 3.63) is 24.7 Å². The fourth-order valence-corrected chi connectivity index (χ4v) is 2.65. The van der Waals surface area contributed by atoms with Crippen LogP contribution < -0.4 is 5.32 Å². The number of hydrogen-bond acceptors (Lipinski definition) is 5. The summed E-state index contributed by atoms with van der Waals surface area (Å²) in [5.74, 6) is -0.510. The van der Waals surface area contributed by atoms with Crippen LogP contribution in [0.15, 0.2) is 24.7 Å². The second kappa shape index (κ2) is 8.68. The zero-order chi connectivity index (χ0) is 17.5. The lowest BCUT2D eigenvalue weighted by molar-refractivity contribution is -0.119. The molecule has 7 nitrogen and oxygen atoms in total. The van der Waals surface area contributed by atoms with Gasteiger partial charge < -0.3 is 19.7 Å². The second-order valence-electron chi connectivity index (χ2n) is 5.83. The summed E-state index contributed by atoms with van der Waals surface area (Å²) in [6, 6.07) is -0.489. The maximum atomic E-state index is 14.3. The molecule has 2 amide bonds. The van der Waals surface area contributed by atoms with Crippen LogP contribution >= 0.6 is 0 Å². The highest BCUT2D eigenvalue weighted by molar-refractivity contribution is 5.73. The lowest BCUT2D eigenvalue weighted by atomic mass is 10.1. The Bertz CT molecular complexity index is 506. The predicted molar refractivity (Wildman–Crippen MR) is 85.8 cm³/mol. The van der Waals surface area contributed by atoms with E-state index >= 15 is 0 Å². The minimum atomic E-state index is -0.519. The summed E-state index contributed by atoms with van der Waals surface area (Å²) < 4.78 is 24.7. The van der Waals surface area contributed by atoms with Gasteiger partial charge in [-0.05, 0) is 0 Å². The van der Waals surface area contributed by atoms with Gasteiger partial charge in [0.2, 0.25) is 5.91 Å². The summed E-state index contributed by atoms with van der Waals surface area (Å²) in [6.45, 7) is 8.09. The highest BCUT2D eigenvalue weighted by Crippen LogP contribution is 2.21. The summed E-state index contributed by atoms with van der Waals surface area (Å²) in [5.41, 5.74) is 0. The van der Waals surface area contributed by atoms with Crippen molar-refractivity contribution < 1.29 is 23.5 Å². The average Bonchev–Trinajstić information content (AvgIpc) is 2.92. The van der Waals surface area contributed by atoms with E-state index in [4.69, 9.17) is 9.47 Å². The van der Waals surface area contributed by atoms with E-state index in [1.165, 1.54) is 24.1 Å². The molecule has 1 N–H and O–H groups in total. The van der Waals surface area contributed by atoms with Crippen molar-refractivity contribution in [2.75, 3.05) is 39.4 Å². The zero-order valence-corrected chi connectivity index (χ0v) is 13.9. The molecule has 2 atom stereocenters. The van der Waals surface area contributed by atoms with E-state index in [2.05, 4.69) is 11.9 Å². The van der Waals surface area contributed by atoms with Crippen molar-refractivity contribution >= 4 is 12.0 Å². The first-order valence-electron chi connectivity index (χ1n) is 8.02. The molecular formula is C16H24FN3O4. The molecular weight excluding hydrogens is 317 g/mol. The summed E-state index contributed by atoms with van der Waals surface area (Å²) >= 11 is 0. The topological polar surface area (TPSA) is 71.1 Å². The van der Waals surface area contributed by atoms with Crippen LogP contribution in [0.3, 0.4) is 0 Å². The van der Waals surface area contributed by atoms with Crippen molar-refractivity contribution in [3.63, 3.8) is 0 Å². The van der Waals surface area contributed by atoms with Gasteiger partial charge in [0.15, 0.2) is 0 Å². The number of nitrogens with zero attached hydrogens (tertiary/aromatic N) is 2. The highest BCUT2D eigenvalue weighted by Gasteiger charge is 2.35. The van der Waals surface area contributed by atoms with E-state index in [1.807, 2.05) is 4.90 Å². The maximum absolute atomic E-state index is 14.3. The van der Waals surface area contributed by atoms with Crippen molar-refractivity contribution in [1.82, 2.24) is 15.1 Å². The first kappa shape index (κ1) is 18.3. The number of cyclic esters (lactones) is 1. The highest BCUT2D eigenvalue weighted by atomic mass is 19.1. The number of carbonyl (C=O) groups excluding carboxylic acids is 2. The van der Waals surface area contributed by atoms with Crippen LogP contribution in [0.4, 0.5) is 9.18 Å². The van der Waals surface area contributed by atoms with Gasteiger partial charge in [0.1, 0.15) is 11.9 Å². The fraction of sp³-hybridized carbons (Fsp3) is 0.625. The molecule has 2 aliphatic rings. The third-order valence-corrected chi connectivity index (χ3v) is 3.93. The van der Waals surface area contributed by atoms with Gasteiger partial charge in [0.05, 0.1) is 32.3 Å². The molecule has 0 radical (unpaired) electrons. The van der Waals surface area contributed by atoms with Gasteiger partial charge in [0, 0.05) is 32.6 Å². The van der Waals surface area contributed by atoms with E-state index in [0.29, 0.717) is 32.8 Å². The molecule has 1 unspecified atom stereocenters. The molecule has 24 heavy (non-hydrogen) atoms. The smallest absolute Gasteiger partial charge is 0.410 e. The van der Waals surface area contributed by atoms with Gasteiger partial charge in [-0.2, -0.15) is 0 Å². The second-order valence-corrected chi connectivity index (χ2v) is 5.83. The van der Waals surface area contributed by atoms with Crippen molar-refractivity contribution in [2.24, 2.45) is 0 Å². The summed E-state index contributed by atoms with van der Waals surface area (Å²) in [4.78, 5) is 26.2. The molecule has 0 bridgehead atoms. The quantitative estimate of drug-likeness (QED) is 0.701. The van der Waals surface area contributed by atoms with Crippen LogP contribution in [0.1, 0.15) is 13.3 Å². The van der Waals surface area contributed by atoms with Crippen LogP contribution in [0.5, 0.6) is 0 Å². The van der Waals surface area contributed by atoms with Crippen LogP contribution in [0, 0.1) is 0 Å². The molecule has 0 aliphatic carbocycles. The van der Waals surface area contributed by atoms with Crippen molar-refractivity contribution in [1.29, 1.82) is 0 Å². The molecule has 0 aromatic carbocycles. The molecule has 0 saturated carbocycles. The molecule has 0 aromatic heterocycles. The van der Waals surface area contributed by atoms with Gasteiger partial charge in [-0.25, -0.2) is 9.18 Å². The van der Waals surface area contributed by atoms with E-state index in [9.17, 15) is 14.0 Å². The average molecular weight is 341 g/mol. The van der Waals surface area contributed by atoms with Gasteiger partial charge in [-0.15, -0.1) is 6.58 Å². The largest absolute Gasteiger partial charge is 0.442 e. The summed E-state index contributed by atoms with van der Waals surface area (Å²) in [6.07, 6.45) is 2.09. The summed E-state index contributed by atoms with van der Waals surface area (Å²) in [7, 11) is 0. The van der Waals surface area contributed by atoms with E-state index in [-0.39, 0.29) is 24.7 Å². The third kappa shape index (κ3) is 5.23. The lowest BCUT2D eigenvalue weighted by Gasteiger charge is -2.26. The van der Waals surface area contributed by atoms with Crippen LogP contribution in [-0.2, 0) is 14.3 Å². The number of rotatable bonds is 7. The van der Waals surface area contributed by atoms with Gasteiger partial charge in [-0.3, -0.25) is 9.69 Å². The molecule has 2 heterocycles. The summed E-state index contributed by atoms with van der Waals surface area (Å²) in [5, 5.41) is 2.61. The minimum Gasteiger partial charge on any atom is -0.442 e. The predicted octanol–water partition coefficient (Wildman–Crippen LogP) is 1.03. The van der Waals surface area contributed by atoms with E-state index in [1.54, 1.807) is 0 Å². The molecule has 0 spiro atoms. The fourth-order valence-electron chi connectivity index (χ4n) is 2.65. The Morgan fingerprint density at radius 3 is 2.83 bits per heavy atom. The number of amides is 2. The molecule has 0 aromatic rings. The Balaban J connectivity index is 1.90. The zero-order valence-electron chi connectivity index (χ0n) is 13.9. The van der Waals surface area contributed by atoms with E-state index < -0.39 is 18.2 Å². The minimum absolute atomic E-state index is 0.0445. The first-order valence-corrected chi connectivity index (χ1v) is 8.02. The Morgan fingerprint density at radius 2 is 2.21 bits per heavy atom. The first-order chi connectivity index (χ1) is 11.5. The number of halogens is 1. The van der Waals surface area contributed by atoms with Crippen molar-refractivity contribution in [3.8, 4) is 0 Å². The molecule has 2 fully saturated rings. The molecule has 8 heteroatoms. The Hall–Kier alpha value is -2.09. The number of morpholine rings is 1. The van der Waals surface area contributed by atoms with Gasteiger partial charge in [-0.1, -0.05) is 6.08 Å². The Labute approximate surface area is 141 Å². The maximum Gasteiger partial charge on any atom is 0.410 e. The number of ether oxygens (including phenoxy) is 2. The van der Waals surface area contributed by atoms with Crippen LogP contribution in [0.2, 0.25) is 0 Å². The Kier molecular flexibility index (Phi) is 6.60. The SMILES string of the molecule is C=CC(C/C(F)=C/N1CCOCC1)N1C[C@H](CNC(C)=O)OC1=O. The molecule has 2 saturated heterocycles. The van der Waals surface area contributed by atoms with Crippen LogP contribution in [-0.4, -0.2) is 73.3 Å². The van der Waals surface area contributed by atoms with E-state index in [0.717, 1.165) is 0 Å². The standard InChI is InChI=1S/C16H24FN3O4/c1-3-14(8-13(17)10-19-4-6-23-7-5-19)20-11-15(24-16(20)22)9-18-12(2)21/h3,10,14-15H,1,4-9,11H2,2H3,(H,18,21)/b13-10-/t14?,15-/m0/s1. The molecule has 2 rings (SSSR count). The third-order valence-electron chi connectivity index (χ3n) is 3.93. The number of hydrogen-bond donors (Lipinski definition) is 1. The number of carbonyl (C=O) groups is 2. The normalized spacial score (nSPS) is 23.0. The monoisotopic (exact) mass is 341 g/mol. The number of nitrogens with one attached hydrogen (secondary N) is 1. The van der Waals surface area contributed by atoms with Gasteiger partial charge in [0.25, 0.3) is 0 Å². The van der Waals surface area contributed by atoms with Crippen LogP contribution in [0.25, 0.3) is 0 Å². The lowest BCUT2D eigenvalue weighted by Crippen LogP contribution is -2.37.